The van der Waals surface area contributed by atoms with Crippen LogP contribution in [0.2, 0.25) is 0 Å². The van der Waals surface area contributed by atoms with E-state index in [4.69, 9.17) is 4.52 Å². The number of aromatic hydroxyl groups is 1. The van der Waals surface area contributed by atoms with Crippen LogP contribution in [0.5, 0.6) is 5.75 Å². The normalized spacial score (nSPS) is 10.8. The van der Waals surface area contributed by atoms with Gasteiger partial charge in [-0.25, -0.2) is 4.39 Å². The van der Waals surface area contributed by atoms with Crippen molar-refractivity contribution in [1.29, 1.82) is 0 Å². The van der Waals surface area contributed by atoms with E-state index in [0.29, 0.717) is 5.82 Å². The van der Waals surface area contributed by atoms with Gasteiger partial charge in [0.1, 0.15) is 11.6 Å². The van der Waals surface area contributed by atoms with Crippen molar-refractivity contribution in [2.45, 2.75) is 6.92 Å². The molecule has 3 aromatic rings. The second kappa shape index (κ2) is 4.47. The fourth-order valence-corrected chi connectivity index (χ4v) is 2.54. The summed E-state index contributed by atoms with van der Waals surface area (Å²) >= 11 is 1.54. The van der Waals surface area contributed by atoms with Gasteiger partial charge in [-0.05, 0) is 36.1 Å². The van der Waals surface area contributed by atoms with Crippen LogP contribution in [0.1, 0.15) is 5.56 Å². The maximum atomic E-state index is 13.2. The van der Waals surface area contributed by atoms with Crippen molar-refractivity contribution < 1.29 is 14.0 Å². The Bertz CT molecular complexity index is 736. The Morgan fingerprint density at radius 1 is 1.26 bits per heavy atom. The second-order valence-corrected chi connectivity index (χ2v) is 4.80. The predicted molar refractivity (Wildman–Crippen MR) is 69.4 cm³/mol. The molecule has 19 heavy (non-hydrogen) atoms. The van der Waals surface area contributed by atoms with Crippen molar-refractivity contribution in [3.8, 4) is 28.6 Å². The summed E-state index contributed by atoms with van der Waals surface area (Å²) in [6, 6.07) is 3.58. The van der Waals surface area contributed by atoms with Crippen LogP contribution in [0.3, 0.4) is 0 Å². The van der Waals surface area contributed by atoms with E-state index in [-0.39, 0.29) is 17.2 Å². The Hall–Kier alpha value is -2.21. The number of phenolic OH excluding ortho intramolecular Hbond substituents is 1. The summed E-state index contributed by atoms with van der Waals surface area (Å²) < 4.78 is 18.3. The van der Waals surface area contributed by atoms with Gasteiger partial charge < -0.3 is 9.63 Å². The number of aryl methyl sites for hydroxylation is 1. The quantitative estimate of drug-likeness (QED) is 0.776. The van der Waals surface area contributed by atoms with Crippen LogP contribution in [-0.2, 0) is 0 Å². The monoisotopic (exact) mass is 276 g/mol. The van der Waals surface area contributed by atoms with Gasteiger partial charge in [-0.1, -0.05) is 5.16 Å². The highest BCUT2D eigenvalue weighted by molar-refractivity contribution is 7.08. The zero-order valence-corrected chi connectivity index (χ0v) is 10.7. The summed E-state index contributed by atoms with van der Waals surface area (Å²) in [4.78, 5) is 4.19. The summed E-state index contributed by atoms with van der Waals surface area (Å²) in [7, 11) is 0. The number of halogens is 1. The van der Waals surface area contributed by atoms with E-state index >= 15 is 0 Å². The Morgan fingerprint density at radius 2 is 2.11 bits per heavy atom. The van der Waals surface area contributed by atoms with E-state index in [1.54, 1.807) is 11.3 Å². The number of thiophene rings is 1. The van der Waals surface area contributed by atoms with Crippen molar-refractivity contribution >= 4 is 11.3 Å². The first kappa shape index (κ1) is 11.9. The molecule has 0 saturated heterocycles. The highest BCUT2D eigenvalue weighted by atomic mass is 32.1. The zero-order valence-electron chi connectivity index (χ0n) is 9.92. The number of benzene rings is 1. The highest BCUT2D eigenvalue weighted by Crippen LogP contribution is 2.31. The standard InChI is InChI=1S/C13H9FN2O2S/c1-7-5-19-6-10(7)12-15-13(18-16-12)9-4-8(14)2-3-11(9)17/h2-6,17H,1H3. The summed E-state index contributed by atoms with van der Waals surface area (Å²) in [5.74, 6) is -0.0482. The molecule has 0 saturated carbocycles. The van der Waals surface area contributed by atoms with Crippen molar-refractivity contribution in [3.63, 3.8) is 0 Å². The average Bonchev–Trinajstić information content (AvgIpc) is 3.00. The second-order valence-electron chi connectivity index (χ2n) is 4.05. The molecule has 1 N–H and O–H groups in total. The molecule has 0 fully saturated rings. The topological polar surface area (TPSA) is 59.2 Å². The molecule has 0 aliphatic rings. The van der Waals surface area contributed by atoms with E-state index in [1.165, 1.54) is 12.1 Å². The molecule has 96 valence electrons. The molecule has 0 aliphatic carbocycles. The first-order valence-corrected chi connectivity index (χ1v) is 6.45. The number of hydrogen-bond donors (Lipinski definition) is 1. The van der Waals surface area contributed by atoms with Gasteiger partial charge in [0, 0.05) is 10.9 Å². The summed E-state index contributed by atoms with van der Waals surface area (Å²) in [6.07, 6.45) is 0. The maximum absolute atomic E-state index is 13.2. The van der Waals surface area contributed by atoms with Crippen molar-refractivity contribution in [1.82, 2.24) is 10.1 Å². The van der Waals surface area contributed by atoms with Gasteiger partial charge in [-0.3, -0.25) is 0 Å². The van der Waals surface area contributed by atoms with Gasteiger partial charge in [0.05, 0.1) is 5.56 Å². The van der Waals surface area contributed by atoms with Crippen LogP contribution in [-0.4, -0.2) is 15.2 Å². The minimum Gasteiger partial charge on any atom is -0.507 e. The van der Waals surface area contributed by atoms with Gasteiger partial charge in [-0.2, -0.15) is 16.3 Å². The third kappa shape index (κ3) is 2.10. The van der Waals surface area contributed by atoms with Crippen LogP contribution < -0.4 is 0 Å². The number of nitrogens with zero attached hydrogens (tertiary/aromatic N) is 2. The summed E-state index contributed by atoms with van der Waals surface area (Å²) in [5.41, 5.74) is 2.10. The van der Waals surface area contributed by atoms with Gasteiger partial charge in [0.15, 0.2) is 0 Å². The van der Waals surface area contributed by atoms with E-state index < -0.39 is 5.82 Å². The lowest BCUT2D eigenvalue weighted by Crippen LogP contribution is -1.83. The largest absolute Gasteiger partial charge is 0.507 e. The first-order chi connectivity index (χ1) is 9.15. The van der Waals surface area contributed by atoms with E-state index in [9.17, 15) is 9.50 Å². The molecule has 4 nitrogen and oxygen atoms in total. The zero-order chi connectivity index (χ0) is 13.4. The molecule has 0 aliphatic heterocycles. The van der Waals surface area contributed by atoms with Crippen LogP contribution >= 0.6 is 11.3 Å². The fraction of sp³-hybridized carbons (Fsp3) is 0.0769. The number of hydrogen-bond acceptors (Lipinski definition) is 5. The Balaban J connectivity index is 2.06. The van der Waals surface area contributed by atoms with Crippen LogP contribution in [0, 0.1) is 12.7 Å². The smallest absolute Gasteiger partial charge is 0.262 e. The average molecular weight is 276 g/mol. The molecule has 2 aromatic heterocycles. The molecule has 0 radical (unpaired) electrons. The molecule has 0 spiro atoms. The Morgan fingerprint density at radius 3 is 2.84 bits per heavy atom. The van der Waals surface area contributed by atoms with E-state index in [0.717, 1.165) is 17.2 Å². The molecule has 1 aromatic carbocycles. The molecular formula is C13H9FN2O2S. The van der Waals surface area contributed by atoms with Crippen LogP contribution in [0.15, 0.2) is 33.5 Å². The number of phenols is 1. The predicted octanol–water partition coefficient (Wildman–Crippen LogP) is 3.62. The molecule has 0 bridgehead atoms. The van der Waals surface area contributed by atoms with Gasteiger partial charge in [-0.15, -0.1) is 0 Å². The maximum Gasteiger partial charge on any atom is 0.262 e. The van der Waals surface area contributed by atoms with Gasteiger partial charge in [0.25, 0.3) is 5.89 Å². The number of rotatable bonds is 2. The molecule has 6 heteroatoms. The first-order valence-electron chi connectivity index (χ1n) is 5.51. The Kier molecular flexibility index (Phi) is 2.79. The molecule has 0 unspecified atom stereocenters. The van der Waals surface area contributed by atoms with Crippen molar-refractivity contribution in [2.75, 3.05) is 0 Å². The molecule has 0 amide bonds. The number of aromatic nitrogens is 2. The minimum absolute atomic E-state index is 0.0950. The lowest BCUT2D eigenvalue weighted by Gasteiger charge is -1.98. The lowest BCUT2D eigenvalue weighted by atomic mass is 10.2. The van der Waals surface area contributed by atoms with E-state index in [1.807, 2.05) is 17.7 Å². The van der Waals surface area contributed by atoms with Gasteiger partial charge >= 0.3 is 0 Å². The third-order valence-corrected chi connectivity index (χ3v) is 3.57. The van der Waals surface area contributed by atoms with Gasteiger partial charge in [0.2, 0.25) is 5.82 Å². The van der Waals surface area contributed by atoms with Crippen LogP contribution in [0.25, 0.3) is 22.8 Å². The minimum atomic E-state index is -0.473. The molecule has 2 heterocycles. The fourth-order valence-electron chi connectivity index (χ4n) is 1.71. The lowest BCUT2D eigenvalue weighted by molar-refractivity contribution is 0.425. The molecule has 3 rings (SSSR count). The third-order valence-electron chi connectivity index (χ3n) is 2.71. The SMILES string of the molecule is Cc1cscc1-c1noc(-c2cc(F)ccc2O)n1. The van der Waals surface area contributed by atoms with E-state index in [2.05, 4.69) is 10.1 Å². The molecule has 0 atom stereocenters. The highest BCUT2D eigenvalue weighted by Gasteiger charge is 2.16. The molecular weight excluding hydrogens is 267 g/mol. The Labute approximate surface area is 112 Å². The van der Waals surface area contributed by atoms with Crippen molar-refractivity contribution in [2.24, 2.45) is 0 Å². The summed E-state index contributed by atoms with van der Waals surface area (Å²) in [6.45, 7) is 1.95. The summed E-state index contributed by atoms with van der Waals surface area (Å²) in [5, 5.41) is 17.4. The van der Waals surface area contributed by atoms with Crippen LogP contribution in [0.4, 0.5) is 4.39 Å². The van der Waals surface area contributed by atoms with Crippen molar-refractivity contribution in [3.05, 3.63) is 40.3 Å².